The number of anilines is 1. The first-order valence-electron chi connectivity index (χ1n) is 6.39. The molecule has 2 aromatic heterocycles. The lowest BCUT2D eigenvalue weighted by atomic mass is 10.1. The highest BCUT2D eigenvalue weighted by molar-refractivity contribution is 5.31. The van der Waals surface area contributed by atoms with Gasteiger partial charge in [-0.3, -0.25) is 4.68 Å². The quantitative estimate of drug-likeness (QED) is 0.769. The SMILES string of the molecule is Cc1nnc(NCc2ccccc2Cn2cccn2)o1. The second kappa shape index (κ2) is 5.56. The van der Waals surface area contributed by atoms with Gasteiger partial charge < -0.3 is 9.73 Å². The highest BCUT2D eigenvalue weighted by Gasteiger charge is 2.05. The summed E-state index contributed by atoms with van der Waals surface area (Å²) < 4.78 is 7.20. The molecule has 1 aromatic carbocycles. The summed E-state index contributed by atoms with van der Waals surface area (Å²) in [5.74, 6) is 0.553. The van der Waals surface area contributed by atoms with Gasteiger partial charge in [-0.25, -0.2) is 0 Å². The maximum absolute atomic E-state index is 5.30. The van der Waals surface area contributed by atoms with Crippen molar-refractivity contribution in [2.24, 2.45) is 0 Å². The number of hydrogen-bond donors (Lipinski definition) is 1. The van der Waals surface area contributed by atoms with Crippen LogP contribution in [-0.2, 0) is 13.1 Å². The van der Waals surface area contributed by atoms with Crippen LogP contribution in [0.3, 0.4) is 0 Å². The van der Waals surface area contributed by atoms with Gasteiger partial charge in [-0.2, -0.15) is 5.10 Å². The average Bonchev–Trinajstić information content (AvgIpc) is 3.10. The lowest BCUT2D eigenvalue weighted by Gasteiger charge is -2.09. The Morgan fingerprint density at radius 2 is 2.00 bits per heavy atom. The van der Waals surface area contributed by atoms with Crippen molar-refractivity contribution < 1.29 is 4.42 Å². The summed E-state index contributed by atoms with van der Waals surface area (Å²) >= 11 is 0. The van der Waals surface area contributed by atoms with Gasteiger partial charge in [-0.15, -0.1) is 5.10 Å². The van der Waals surface area contributed by atoms with Crippen molar-refractivity contribution in [2.75, 3.05) is 5.32 Å². The van der Waals surface area contributed by atoms with Crippen molar-refractivity contribution in [3.05, 3.63) is 59.7 Å². The molecule has 0 amide bonds. The van der Waals surface area contributed by atoms with E-state index in [0.717, 1.165) is 6.54 Å². The Balaban J connectivity index is 1.72. The smallest absolute Gasteiger partial charge is 0.315 e. The monoisotopic (exact) mass is 269 g/mol. The molecule has 3 rings (SSSR count). The second-order valence-electron chi connectivity index (χ2n) is 4.45. The molecule has 3 aromatic rings. The number of nitrogens with one attached hydrogen (secondary N) is 1. The second-order valence-corrected chi connectivity index (χ2v) is 4.45. The van der Waals surface area contributed by atoms with Crippen LogP contribution in [0, 0.1) is 6.92 Å². The number of aromatic nitrogens is 4. The third-order valence-electron chi connectivity index (χ3n) is 2.97. The molecule has 6 heteroatoms. The Hall–Kier alpha value is -2.63. The van der Waals surface area contributed by atoms with E-state index in [9.17, 15) is 0 Å². The minimum atomic E-state index is 0.441. The van der Waals surface area contributed by atoms with Crippen molar-refractivity contribution in [3.63, 3.8) is 0 Å². The number of hydrogen-bond acceptors (Lipinski definition) is 5. The van der Waals surface area contributed by atoms with E-state index >= 15 is 0 Å². The molecule has 0 radical (unpaired) electrons. The van der Waals surface area contributed by atoms with Crippen molar-refractivity contribution >= 4 is 6.01 Å². The molecule has 0 bridgehead atoms. The van der Waals surface area contributed by atoms with E-state index in [1.807, 2.05) is 29.1 Å². The van der Waals surface area contributed by atoms with Gasteiger partial charge in [0, 0.05) is 25.9 Å². The number of benzene rings is 1. The standard InChI is InChI=1S/C14H15N5O/c1-11-17-18-14(20-11)15-9-12-5-2-3-6-13(12)10-19-8-4-7-16-19/h2-8H,9-10H2,1H3,(H,15,18). The van der Waals surface area contributed by atoms with Gasteiger partial charge in [-0.05, 0) is 17.2 Å². The fraction of sp³-hybridized carbons (Fsp3) is 0.214. The van der Waals surface area contributed by atoms with E-state index in [0.29, 0.717) is 18.5 Å². The third-order valence-corrected chi connectivity index (χ3v) is 2.97. The fourth-order valence-electron chi connectivity index (χ4n) is 1.99. The van der Waals surface area contributed by atoms with Crippen LogP contribution in [0.2, 0.25) is 0 Å². The molecule has 0 atom stereocenters. The van der Waals surface area contributed by atoms with E-state index in [1.54, 1.807) is 13.1 Å². The van der Waals surface area contributed by atoms with Crippen LogP contribution in [0.15, 0.2) is 47.1 Å². The normalized spacial score (nSPS) is 10.7. The molecule has 6 nitrogen and oxygen atoms in total. The van der Waals surface area contributed by atoms with Crippen LogP contribution in [0.5, 0.6) is 0 Å². The largest absolute Gasteiger partial charge is 0.408 e. The highest BCUT2D eigenvalue weighted by atomic mass is 16.4. The molecule has 0 aliphatic carbocycles. The van der Waals surface area contributed by atoms with Gasteiger partial charge in [0.2, 0.25) is 5.89 Å². The predicted octanol–water partition coefficient (Wildman–Crippen LogP) is 2.23. The third kappa shape index (κ3) is 2.85. The first-order chi connectivity index (χ1) is 9.81. The summed E-state index contributed by atoms with van der Waals surface area (Å²) in [6.45, 7) is 3.15. The van der Waals surface area contributed by atoms with Crippen LogP contribution in [0.25, 0.3) is 0 Å². The Labute approximate surface area is 116 Å². The van der Waals surface area contributed by atoms with Gasteiger partial charge in [-0.1, -0.05) is 29.4 Å². The van der Waals surface area contributed by atoms with Gasteiger partial charge in [0.05, 0.1) is 6.54 Å². The fourth-order valence-corrected chi connectivity index (χ4v) is 1.99. The van der Waals surface area contributed by atoms with Crippen molar-refractivity contribution in [1.29, 1.82) is 0 Å². The van der Waals surface area contributed by atoms with E-state index < -0.39 is 0 Å². The van der Waals surface area contributed by atoms with Gasteiger partial charge in [0.1, 0.15) is 0 Å². The summed E-state index contributed by atoms with van der Waals surface area (Å²) in [5, 5.41) is 15.1. The molecule has 0 aliphatic heterocycles. The number of aryl methyl sites for hydroxylation is 1. The molecule has 2 heterocycles. The lowest BCUT2D eigenvalue weighted by Crippen LogP contribution is -2.07. The highest BCUT2D eigenvalue weighted by Crippen LogP contribution is 2.13. The van der Waals surface area contributed by atoms with Crippen LogP contribution >= 0.6 is 0 Å². The molecule has 0 fully saturated rings. The zero-order valence-corrected chi connectivity index (χ0v) is 11.2. The van der Waals surface area contributed by atoms with Crippen molar-refractivity contribution in [3.8, 4) is 0 Å². The summed E-state index contributed by atoms with van der Waals surface area (Å²) in [6.07, 6.45) is 3.73. The molecule has 0 saturated heterocycles. The summed E-state index contributed by atoms with van der Waals surface area (Å²) in [4.78, 5) is 0. The number of rotatable bonds is 5. The van der Waals surface area contributed by atoms with Crippen LogP contribution in [-0.4, -0.2) is 20.0 Å². The zero-order chi connectivity index (χ0) is 13.8. The minimum Gasteiger partial charge on any atom is -0.408 e. The molecule has 0 spiro atoms. The molecule has 1 N–H and O–H groups in total. The Morgan fingerprint density at radius 1 is 1.15 bits per heavy atom. The van der Waals surface area contributed by atoms with E-state index in [-0.39, 0.29) is 0 Å². The summed E-state index contributed by atoms with van der Waals surface area (Å²) in [7, 11) is 0. The zero-order valence-electron chi connectivity index (χ0n) is 11.2. The van der Waals surface area contributed by atoms with Gasteiger partial charge in [0.25, 0.3) is 0 Å². The Bertz CT molecular complexity index is 674. The molecule has 0 saturated carbocycles. The maximum Gasteiger partial charge on any atom is 0.315 e. The molecule has 20 heavy (non-hydrogen) atoms. The minimum absolute atomic E-state index is 0.441. The first-order valence-corrected chi connectivity index (χ1v) is 6.39. The average molecular weight is 269 g/mol. The van der Waals surface area contributed by atoms with Gasteiger partial charge >= 0.3 is 6.01 Å². The molecular weight excluding hydrogens is 254 g/mol. The summed E-state index contributed by atoms with van der Waals surface area (Å²) in [6, 6.07) is 10.6. The molecular formula is C14H15N5O. The van der Waals surface area contributed by atoms with Crippen molar-refractivity contribution in [2.45, 2.75) is 20.0 Å². The van der Waals surface area contributed by atoms with Gasteiger partial charge in [0.15, 0.2) is 0 Å². The number of nitrogens with zero attached hydrogens (tertiary/aromatic N) is 4. The topological polar surface area (TPSA) is 68.8 Å². The lowest BCUT2D eigenvalue weighted by molar-refractivity contribution is 0.530. The van der Waals surface area contributed by atoms with Crippen LogP contribution in [0.1, 0.15) is 17.0 Å². The summed E-state index contributed by atoms with van der Waals surface area (Å²) in [5.41, 5.74) is 2.39. The van der Waals surface area contributed by atoms with E-state index in [4.69, 9.17) is 4.42 Å². The Morgan fingerprint density at radius 3 is 2.70 bits per heavy atom. The van der Waals surface area contributed by atoms with Crippen molar-refractivity contribution in [1.82, 2.24) is 20.0 Å². The first kappa shape index (κ1) is 12.4. The van der Waals surface area contributed by atoms with Crippen LogP contribution in [0.4, 0.5) is 6.01 Å². The predicted molar refractivity (Wildman–Crippen MR) is 74.1 cm³/mol. The Kier molecular flexibility index (Phi) is 3.45. The van der Waals surface area contributed by atoms with Crippen LogP contribution < -0.4 is 5.32 Å². The molecule has 0 aliphatic rings. The molecule has 102 valence electrons. The van der Waals surface area contributed by atoms with E-state index in [2.05, 4.69) is 32.7 Å². The maximum atomic E-state index is 5.30. The van der Waals surface area contributed by atoms with E-state index in [1.165, 1.54) is 11.1 Å². The molecule has 0 unspecified atom stereocenters.